The Morgan fingerprint density at radius 2 is 1.54 bits per heavy atom. The topological polar surface area (TPSA) is 75.3 Å². The number of Topliss-reactive ketones (excluding diaryl/α,β-unsaturated/α-hetero) is 1. The Hall–Kier alpha value is -3.21. The Morgan fingerprint density at radius 3 is 2.17 bits per heavy atom. The molecule has 0 unspecified atom stereocenters. The summed E-state index contributed by atoms with van der Waals surface area (Å²) in [5.41, 5.74) is 1.92. The lowest BCUT2D eigenvalue weighted by Crippen LogP contribution is -2.17. The van der Waals surface area contributed by atoms with Gasteiger partial charge in [0.2, 0.25) is 5.91 Å². The van der Waals surface area contributed by atoms with E-state index < -0.39 is 5.91 Å². The van der Waals surface area contributed by atoms with Gasteiger partial charge in [0.25, 0.3) is 5.91 Å². The zero-order valence-electron chi connectivity index (χ0n) is 13.3. The quantitative estimate of drug-likeness (QED) is 0.486. The molecule has 122 valence electrons. The second-order valence-corrected chi connectivity index (χ2v) is 5.33. The maximum atomic E-state index is 12.0. The minimum absolute atomic E-state index is 0.244. The van der Waals surface area contributed by atoms with E-state index in [9.17, 15) is 14.4 Å². The van der Waals surface area contributed by atoms with Crippen molar-refractivity contribution < 1.29 is 14.4 Å². The van der Waals surface area contributed by atoms with Gasteiger partial charge < -0.3 is 10.6 Å². The Bertz CT molecular complexity index is 782. The van der Waals surface area contributed by atoms with Crippen LogP contribution in [0.25, 0.3) is 0 Å². The molecule has 0 fully saturated rings. The predicted octanol–water partition coefficient (Wildman–Crippen LogP) is 3.41. The highest BCUT2D eigenvalue weighted by atomic mass is 16.2. The molecule has 0 saturated heterocycles. The lowest BCUT2D eigenvalue weighted by Gasteiger charge is -2.08. The van der Waals surface area contributed by atoms with Crippen LogP contribution in [0, 0.1) is 0 Å². The first-order valence-electron chi connectivity index (χ1n) is 7.41. The average Bonchev–Trinajstić information content (AvgIpc) is 2.55. The number of amides is 2. The van der Waals surface area contributed by atoms with Gasteiger partial charge in [-0.2, -0.15) is 0 Å². The van der Waals surface area contributed by atoms with Crippen molar-refractivity contribution in [2.24, 2.45) is 0 Å². The van der Waals surface area contributed by atoms with Gasteiger partial charge in [-0.05, 0) is 25.1 Å². The van der Waals surface area contributed by atoms with E-state index in [0.29, 0.717) is 22.5 Å². The maximum Gasteiger partial charge on any atom is 0.250 e. The molecular weight excluding hydrogens is 304 g/mol. The summed E-state index contributed by atoms with van der Waals surface area (Å²) >= 11 is 0. The molecule has 2 aromatic carbocycles. The van der Waals surface area contributed by atoms with E-state index in [-0.39, 0.29) is 18.1 Å². The van der Waals surface area contributed by atoms with Crippen molar-refractivity contribution >= 4 is 29.0 Å². The van der Waals surface area contributed by atoms with Crippen molar-refractivity contribution in [1.29, 1.82) is 0 Å². The summed E-state index contributed by atoms with van der Waals surface area (Å²) in [4.78, 5) is 35.6. The molecule has 2 N–H and O–H groups in total. The number of ketones is 1. The third kappa shape index (κ3) is 4.91. The lowest BCUT2D eigenvalue weighted by atomic mass is 10.1. The van der Waals surface area contributed by atoms with Crippen LogP contribution in [0.1, 0.15) is 23.7 Å². The zero-order valence-corrected chi connectivity index (χ0v) is 13.3. The van der Waals surface area contributed by atoms with Crippen molar-refractivity contribution in [2.75, 3.05) is 10.6 Å². The molecule has 2 rings (SSSR count). The molecule has 0 aliphatic carbocycles. The Labute approximate surface area is 140 Å². The number of carbonyl (C=O) groups is 3. The van der Waals surface area contributed by atoms with Crippen molar-refractivity contribution in [2.45, 2.75) is 13.3 Å². The van der Waals surface area contributed by atoms with E-state index in [4.69, 9.17) is 0 Å². The number of hydrogen-bond acceptors (Lipinski definition) is 3. The number of rotatable bonds is 6. The molecule has 0 atom stereocenters. The summed E-state index contributed by atoms with van der Waals surface area (Å²) in [5, 5.41) is 5.32. The third-order valence-corrected chi connectivity index (χ3v) is 3.21. The fourth-order valence-corrected chi connectivity index (χ4v) is 1.99. The molecule has 0 spiro atoms. The van der Waals surface area contributed by atoms with Gasteiger partial charge >= 0.3 is 0 Å². The molecule has 5 nitrogen and oxygen atoms in total. The summed E-state index contributed by atoms with van der Waals surface area (Å²) in [6, 6.07) is 15.3. The Morgan fingerprint density at radius 1 is 0.917 bits per heavy atom. The summed E-state index contributed by atoms with van der Waals surface area (Å²) in [6.45, 7) is 5.17. The van der Waals surface area contributed by atoms with Gasteiger partial charge in [-0.3, -0.25) is 14.4 Å². The van der Waals surface area contributed by atoms with Crippen LogP contribution >= 0.6 is 0 Å². The van der Waals surface area contributed by atoms with E-state index >= 15 is 0 Å². The molecule has 0 heterocycles. The summed E-state index contributed by atoms with van der Waals surface area (Å²) < 4.78 is 0. The van der Waals surface area contributed by atoms with Crippen LogP contribution in [0.4, 0.5) is 11.4 Å². The number of anilines is 2. The highest BCUT2D eigenvalue weighted by Crippen LogP contribution is 2.16. The largest absolute Gasteiger partial charge is 0.326 e. The molecule has 0 bridgehead atoms. The highest BCUT2D eigenvalue weighted by Gasteiger charge is 2.12. The van der Waals surface area contributed by atoms with E-state index in [0.717, 1.165) is 0 Å². The fraction of sp³-hybridized carbons (Fsp3) is 0.105. The van der Waals surface area contributed by atoms with Crippen LogP contribution in [-0.4, -0.2) is 17.6 Å². The monoisotopic (exact) mass is 322 g/mol. The van der Waals surface area contributed by atoms with Crippen LogP contribution in [0.2, 0.25) is 0 Å². The van der Waals surface area contributed by atoms with Crippen molar-refractivity contribution in [1.82, 2.24) is 0 Å². The van der Waals surface area contributed by atoms with Crippen molar-refractivity contribution in [3.8, 4) is 0 Å². The van der Waals surface area contributed by atoms with Gasteiger partial charge in [-0.1, -0.05) is 43.0 Å². The molecule has 0 aliphatic heterocycles. The normalized spacial score (nSPS) is 9.88. The third-order valence-electron chi connectivity index (χ3n) is 3.21. The second kappa shape index (κ2) is 7.87. The Balaban J connectivity index is 1.98. The average molecular weight is 322 g/mol. The summed E-state index contributed by atoms with van der Waals surface area (Å²) in [5.74, 6) is -0.954. The maximum absolute atomic E-state index is 12.0. The molecule has 24 heavy (non-hydrogen) atoms. The highest BCUT2D eigenvalue weighted by molar-refractivity contribution is 6.11. The first-order chi connectivity index (χ1) is 11.5. The minimum atomic E-state index is -0.410. The predicted molar refractivity (Wildman–Crippen MR) is 93.9 cm³/mol. The van der Waals surface area contributed by atoms with Gasteiger partial charge in [0.05, 0.1) is 6.42 Å². The standard InChI is InChI=1S/C19H18N2O3/c1-13(2)19(24)21-16-10-6-9-15(11-16)20-18(23)12-17(22)14-7-4-3-5-8-14/h3-11H,1,12H2,2H3,(H,20,23)(H,21,24). The first kappa shape index (κ1) is 17.1. The van der Waals surface area contributed by atoms with Crippen LogP contribution in [0.5, 0.6) is 0 Å². The molecule has 0 radical (unpaired) electrons. The molecule has 0 aliphatic rings. The van der Waals surface area contributed by atoms with Crippen LogP contribution in [0.15, 0.2) is 66.7 Å². The van der Waals surface area contributed by atoms with Gasteiger partial charge in [0.1, 0.15) is 0 Å². The lowest BCUT2D eigenvalue weighted by molar-refractivity contribution is -0.115. The number of hydrogen-bond donors (Lipinski definition) is 2. The van der Waals surface area contributed by atoms with E-state index in [1.807, 2.05) is 6.07 Å². The fourth-order valence-electron chi connectivity index (χ4n) is 1.99. The summed E-state index contributed by atoms with van der Waals surface area (Å²) in [6.07, 6.45) is -0.244. The van der Waals surface area contributed by atoms with Gasteiger partial charge in [0.15, 0.2) is 5.78 Å². The molecule has 5 heteroatoms. The van der Waals surface area contributed by atoms with Crippen molar-refractivity contribution in [3.05, 3.63) is 72.3 Å². The van der Waals surface area contributed by atoms with Crippen LogP contribution in [-0.2, 0) is 9.59 Å². The first-order valence-corrected chi connectivity index (χ1v) is 7.41. The van der Waals surface area contributed by atoms with Gasteiger partial charge in [-0.15, -0.1) is 0 Å². The number of benzene rings is 2. The van der Waals surface area contributed by atoms with E-state index in [2.05, 4.69) is 17.2 Å². The van der Waals surface area contributed by atoms with E-state index in [1.54, 1.807) is 55.5 Å². The smallest absolute Gasteiger partial charge is 0.250 e. The van der Waals surface area contributed by atoms with E-state index in [1.165, 1.54) is 0 Å². The number of carbonyl (C=O) groups excluding carboxylic acids is 3. The molecule has 0 saturated carbocycles. The number of nitrogens with one attached hydrogen (secondary N) is 2. The van der Waals surface area contributed by atoms with Crippen molar-refractivity contribution in [3.63, 3.8) is 0 Å². The van der Waals surface area contributed by atoms with Gasteiger partial charge in [0, 0.05) is 22.5 Å². The second-order valence-electron chi connectivity index (χ2n) is 5.33. The Kier molecular flexibility index (Phi) is 5.63. The van der Waals surface area contributed by atoms with Crippen LogP contribution < -0.4 is 10.6 Å². The minimum Gasteiger partial charge on any atom is -0.326 e. The molecule has 2 aromatic rings. The molecule has 0 aromatic heterocycles. The zero-order chi connectivity index (χ0) is 17.5. The molecular formula is C19H18N2O3. The van der Waals surface area contributed by atoms with Gasteiger partial charge in [-0.25, -0.2) is 0 Å². The molecule has 2 amide bonds. The SMILES string of the molecule is C=C(C)C(=O)Nc1cccc(NC(=O)CC(=O)c2ccccc2)c1. The van der Waals surface area contributed by atoms with Crippen LogP contribution in [0.3, 0.4) is 0 Å². The summed E-state index contributed by atoms with van der Waals surface area (Å²) in [7, 11) is 0.